The maximum absolute atomic E-state index is 14.8. The van der Waals surface area contributed by atoms with Crippen LogP contribution in [-0.4, -0.2) is 11.7 Å². The largest absolute Gasteiger partial charge is 0.507 e. The molecule has 0 amide bonds. The van der Waals surface area contributed by atoms with Crippen molar-refractivity contribution in [3.05, 3.63) is 72.0 Å². The van der Waals surface area contributed by atoms with Gasteiger partial charge in [0.1, 0.15) is 22.9 Å². The molecule has 0 radical (unpaired) electrons. The molecule has 0 spiro atoms. The molecule has 3 aromatic rings. The summed E-state index contributed by atoms with van der Waals surface area (Å²) in [5, 5.41) is 9.58. The number of hydrogen-bond acceptors (Lipinski definition) is 2. The lowest BCUT2D eigenvalue weighted by atomic mass is 9.93. The van der Waals surface area contributed by atoms with Gasteiger partial charge in [0.15, 0.2) is 0 Å². The summed E-state index contributed by atoms with van der Waals surface area (Å²) in [6, 6.07) is 15.9. The minimum atomic E-state index is -5.01. The van der Waals surface area contributed by atoms with Crippen LogP contribution in [0.5, 0.6) is 11.5 Å². The first-order valence-electron chi connectivity index (χ1n) is 11.2. The van der Waals surface area contributed by atoms with E-state index in [1.165, 1.54) is 25.7 Å². The van der Waals surface area contributed by atoms with Crippen LogP contribution in [0.1, 0.15) is 51.0 Å². The van der Waals surface area contributed by atoms with Crippen molar-refractivity contribution < 1.29 is 27.4 Å². The van der Waals surface area contributed by atoms with Gasteiger partial charge >= 0.3 is 6.18 Å². The molecule has 0 aliphatic heterocycles. The van der Waals surface area contributed by atoms with Crippen molar-refractivity contribution in [2.45, 2.75) is 51.6 Å². The second kappa shape index (κ2) is 11.2. The number of hydrogen-bond donors (Lipinski definition) is 1. The summed E-state index contributed by atoms with van der Waals surface area (Å²) in [7, 11) is 0. The van der Waals surface area contributed by atoms with Crippen LogP contribution in [0.4, 0.5) is 17.6 Å². The van der Waals surface area contributed by atoms with Crippen molar-refractivity contribution in [2.75, 3.05) is 6.61 Å². The van der Waals surface area contributed by atoms with Crippen molar-refractivity contribution in [2.24, 2.45) is 0 Å². The third kappa shape index (κ3) is 6.28. The molecule has 6 heteroatoms. The molecule has 1 N–H and O–H groups in total. The summed E-state index contributed by atoms with van der Waals surface area (Å²) in [6.07, 6.45) is 2.03. The monoisotopic (exact) mass is 460 g/mol. The Bertz CT molecular complexity index is 1040. The quantitative estimate of drug-likeness (QED) is 0.242. The van der Waals surface area contributed by atoms with E-state index >= 15 is 0 Å². The van der Waals surface area contributed by atoms with Crippen LogP contribution in [0.3, 0.4) is 0 Å². The summed E-state index contributed by atoms with van der Waals surface area (Å²) in [6.45, 7) is 2.81. The molecule has 0 bridgehead atoms. The fourth-order valence-electron chi connectivity index (χ4n) is 3.82. The van der Waals surface area contributed by atoms with Crippen LogP contribution in [0.15, 0.2) is 60.7 Å². The summed E-state index contributed by atoms with van der Waals surface area (Å²) in [5.41, 5.74) is -0.273. The predicted molar refractivity (Wildman–Crippen MR) is 123 cm³/mol. The van der Waals surface area contributed by atoms with Gasteiger partial charge in [0.05, 0.1) is 6.61 Å². The highest BCUT2D eigenvalue weighted by molar-refractivity contribution is 5.84. The van der Waals surface area contributed by atoms with E-state index in [0.29, 0.717) is 23.5 Å². The number of alkyl halides is 3. The Morgan fingerprint density at radius 2 is 1.39 bits per heavy atom. The highest BCUT2D eigenvalue weighted by Crippen LogP contribution is 2.43. The van der Waals surface area contributed by atoms with E-state index in [9.17, 15) is 22.7 Å². The minimum Gasteiger partial charge on any atom is -0.507 e. The van der Waals surface area contributed by atoms with Crippen LogP contribution < -0.4 is 4.74 Å². The fraction of sp³-hybridized carbons (Fsp3) is 0.333. The van der Waals surface area contributed by atoms with E-state index < -0.39 is 23.3 Å². The maximum Gasteiger partial charge on any atom is 0.422 e. The lowest BCUT2D eigenvalue weighted by molar-refractivity contribution is -0.141. The van der Waals surface area contributed by atoms with Crippen LogP contribution in [0.25, 0.3) is 22.3 Å². The molecule has 3 aromatic carbocycles. The first-order valence-corrected chi connectivity index (χ1v) is 11.2. The second-order valence-corrected chi connectivity index (χ2v) is 8.01. The van der Waals surface area contributed by atoms with Crippen molar-refractivity contribution in [3.63, 3.8) is 0 Å². The molecule has 0 heterocycles. The van der Waals surface area contributed by atoms with Gasteiger partial charge in [0.2, 0.25) is 0 Å². The smallest absolute Gasteiger partial charge is 0.422 e. The van der Waals surface area contributed by atoms with Gasteiger partial charge in [0, 0.05) is 5.56 Å². The normalized spacial score (nSPS) is 11.5. The Morgan fingerprint density at radius 1 is 0.758 bits per heavy atom. The SMILES string of the molecule is CCCCCCCCOc1ccc(-c2ccccc2-c2ccc(O)c(C(F)(F)F)c2F)cc1. The van der Waals surface area contributed by atoms with Gasteiger partial charge < -0.3 is 9.84 Å². The Morgan fingerprint density at radius 3 is 2.06 bits per heavy atom. The lowest BCUT2D eigenvalue weighted by Crippen LogP contribution is -2.09. The van der Waals surface area contributed by atoms with Crippen molar-refractivity contribution in [1.29, 1.82) is 0 Å². The Labute approximate surface area is 191 Å². The maximum atomic E-state index is 14.8. The van der Waals surface area contributed by atoms with Gasteiger partial charge in [-0.05, 0) is 47.4 Å². The zero-order chi connectivity index (χ0) is 23.8. The van der Waals surface area contributed by atoms with Crippen LogP contribution in [-0.2, 0) is 6.18 Å². The molecule has 0 atom stereocenters. The molecule has 3 rings (SSSR count). The lowest BCUT2D eigenvalue weighted by Gasteiger charge is -2.16. The van der Waals surface area contributed by atoms with Gasteiger partial charge in [-0.2, -0.15) is 13.2 Å². The van der Waals surface area contributed by atoms with E-state index in [-0.39, 0.29) is 5.56 Å². The molecule has 0 saturated carbocycles. The average Bonchev–Trinajstić information content (AvgIpc) is 2.78. The number of halogens is 4. The summed E-state index contributed by atoms with van der Waals surface area (Å²) in [5.74, 6) is -1.91. The van der Waals surface area contributed by atoms with Crippen LogP contribution in [0, 0.1) is 5.82 Å². The van der Waals surface area contributed by atoms with Gasteiger partial charge in [0.25, 0.3) is 0 Å². The zero-order valence-electron chi connectivity index (χ0n) is 18.6. The van der Waals surface area contributed by atoms with E-state index in [2.05, 4.69) is 6.92 Å². The number of rotatable bonds is 10. The topological polar surface area (TPSA) is 29.5 Å². The van der Waals surface area contributed by atoms with E-state index in [4.69, 9.17) is 4.74 Å². The Hall–Kier alpha value is -3.02. The van der Waals surface area contributed by atoms with Gasteiger partial charge in [-0.1, -0.05) is 75.4 Å². The number of ether oxygens (including phenoxy) is 1. The van der Waals surface area contributed by atoms with E-state index in [1.807, 2.05) is 0 Å². The van der Waals surface area contributed by atoms with Crippen molar-refractivity contribution >= 4 is 0 Å². The molecular formula is C27H28F4O2. The highest BCUT2D eigenvalue weighted by atomic mass is 19.4. The Kier molecular flexibility index (Phi) is 8.37. The first-order chi connectivity index (χ1) is 15.8. The van der Waals surface area contributed by atoms with Crippen molar-refractivity contribution in [1.82, 2.24) is 0 Å². The number of benzene rings is 3. The Balaban J connectivity index is 1.78. The molecule has 0 saturated heterocycles. The molecule has 0 aliphatic rings. The minimum absolute atomic E-state index is 0.223. The standard InChI is InChI=1S/C27H28F4O2/c1-2-3-4-5-6-9-18-33-20-14-12-19(13-15-20)21-10-7-8-11-22(21)23-16-17-24(32)25(26(23)28)27(29,30)31/h7-8,10-17,32H,2-6,9,18H2,1H3. The number of phenols is 1. The van der Waals surface area contributed by atoms with E-state index in [1.54, 1.807) is 48.5 Å². The number of phenolic OH excluding ortho intramolecular Hbond substituents is 1. The van der Waals surface area contributed by atoms with Gasteiger partial charge in [-0.3, -0.25) is 0 Å². The molecule has 33 heavy (non-hydrogen) atoms. The first kappa shape index (κ1) is 24.6. The molecule has 0 unspecified atom stereocenters. The molecule has 0 fully saturated rings. The van der Waals surface area contributed by atoms with Crippen LogP contribution >= 0.6 is 0 Å². The van der Waals surface area contributed by atoms with Gasteiger partial charge in [-0.15, -0.1) is 0 Å². The number of unbranched alkanes of at least 4 members (excludes halogenated alkanes) is 5. The summed E-state index contributed by atoms with van der Waals surface area (Å²) >= 11 is 0. The second-order valence-electron chi connectivity index (χ2n) is 8.01. The molecule has 176 valence electrons. The third-order valence-electron chi connectivity index (χ3n) is 5.55. The molecular weight excluding hydrogens is 432 g/mol. The average molecular weight is 461 g/mol. The predicted octanol–water partition coefficient (Wildman–Crippen LogP) is 8.62. The number of aromatic hydroxyl groups is 1. The highest BCUT2D eigenvalue weighted by Gasteiger charge is 2.38. The van der Waals surface area contributed by atoms with E-state index in [0.717, 1.165) is 30.5 Å². The summed E-state index contributed by atoms with van der Waals surface area (Å²) in [4.78, 5) is 0. The van der Waals surface area contributed by atoms with Crippen LogP contribution in [0.2, 0.25) is 0 Å². The molecule has 2 nitrogen and oxygen atoms in total. The van der Waals surface area contributed by atoms with Gasteiger partial charge in [-0.25, -0.2) is 4.39 Å². The molecule has 0 aliphatic carbocycles. The fourth-order valence-corrected chi connectivity index (χ4v) is 3.82. The zero-order valence-corrected chi connectivity index (χ0v) is 18.6. The summed E-state index contributed by atoms with van der Waals surface area (Å²) < 4.78 is 60.4. The third-order valence-corrected chi connectivity index (χ3v) is 5.55. The molecule has 0 aromatic heterocycles. The van der Waals surface area contributed by atoms with Crippen molar-refractivity contribution in [3.8, 4) is 33.8 Å².